The predicted molar refractivity (Wildman–Crippen MR) is 114 cm³/mol. The van der Waals surface area contributed by atoms with Gasteiger partial charge in [0.25, 0.3) is 11.8 Å². The Kier molecular flexibility index (Phi) is 6.34. The summed E-state index contributed by atoms with van der Waals surface area (Å²) in [6, 6.07) is 11.2. The Morgan fingerprint density at radius 2 is 1.61 bits per heavy atom. The van der Waals surface area contributed by atoms with Crippen LogP contribution < -0.4 is 0 Å². The fourth-order valence-electron chi connectivity index (χ4n) is 4.03. The van der Waals surface area contributed by atoms with E-state index in [4.69, 9.17) is 11.6 Å². The number of amides is 3. The van der Waals surface area contributed by atoms with Gasteiger partial charge in [-0.2, -0.15) is 0 Å². The van der Waals surface area contributed by atoms with Gasteiger partial charge in [-0.1, -0.05) is 29.8 Å². The minimum absolute atomic E-state index is 0.0241. The molecule has 0 saturated carbocycles. The summed E-state index contributed by atoms with van der Waals surface area (Å²) >= 11 is 6.11. The molecule has 3 amide bonds. The lowest BCUT2D eigenvalue weighted by molar-refractivity contribution is -0.133. The molecule has 31 heavy (non-hydrogen) atoms. The van der Waals surface area contributed by atoms with Crippen molar-refractivity contribution in [1.82, 2.24) is 14.7 Å². The van der Waals surface area contributed by atoms with Crippen LogP contribution >= 0.6 is 11.6 Å². The van der Waals surface area contributed by atoms with Crippen molar-refractivity contribution >= 4 is 29.3 Å². The molecule has 0 aliphatic carbocycles. The molecular formula is C23H23ClFN3O3. The molecule has 0 radical (unpaired) electrons. The minimum atomic E-state index is -0.356. The van der Waals surface area contributed by atoms with Crippen molar-refractivity contribution < 1.29 is 18.8 Å². The van der Waals surface area contributed by atoms with Crippen molar-refractivity contribution in [1.29, 1.82) is 0 Å². The standard InChI is InChI=1S/C23H23ClFN3O3/c24-20-14-17(25)8-7-16(20)15-26-10-12-27(13-11-26)21(29)6-3-9-28-22(30)18-4-1-2-5-19(18)23(28)31/h1-2,4-5,7-8,14H,3,6,9-13,15H2. The average molecular weight is 444 g/mol. The number of nitrogens with zero attached hydrogens (tertiary/aromatic N) is 3. The SMILES string of the molecule is O=C(CCCN1C(=O)c2ccccc2C1=O)N1CCN(Cc2ccc(F)cc2Cl)CC1. The second-order valence-electron chi connectivity index (χ2n) is 7.80. The lowest BCUT2D eigenvalue weighted by Gasteiger charge is -2.35. The van der Waals surface area contributed by atoms with Crippen LogP contribution in [0.5, 0.6) is 0 Å². The molecule has 2 aromatic carbocycles. The summed E-state index contributed by atoms with van der Waals surface area (Å²) in [5.74, 6) is -0.913. The van der Waals surface area contributed by atoms with Crippen LogP contribution in [0.15, 0.2) is 42.5 Å². The lowest BCUT2D eigenvalue weighted by atomic mass is 10.1. The zero-order chi connectivity index (χ0) is 22.0. The van der Waals surface area contributed by atoms with E-state index >= 15 is 0 Å². The molecule has 1 saturated heterocycles. The van der Waals surface area contributed by atoms with Crippen LogP contribution in [-0.4, -0.2) is 65.1 Å². The quantitative estimate of drug-likeness (QED) is 0.643. The third-order valence-electron chi connectivity index (χ3n) is 5.78. The molecule has 0 spiro atoms. The molecule has 2 aliphatic rings. The summed E-state index contributed by atoms with van der Waals surface area (Å²) in [4.78, 5) is 42.6. The summed E-state index contributed by atoms with van der Waals surface area (Å²) in [5, 5.41) is 0.409. The van der Waals surface area contributed by atoms with Crippen LogP contribution in [0.25, 0.3) is 0 Å². The van der Waals surface area contributed by atoms with Gasteiger partial charge in [0, 0.05) is 50.7 Å². The molecule has 4 rings (SSSR count). The largest absolute Gasteiger partial charge is 0.340 e. The van der Waals surface area contributed by atoms with Crippen molar-refractivity contribution in [3.63, 3.8) is 0 Å². The number of rotatable bonds is 6. The van der Waals surface area contributed by atoms with Crippen molar-refractivity contribution in [2.45, 2.75) is 19.4 Å². The number of piperazine rings is 1. The first-order valence-electron chi connectivity index (χ1n) is 10.3. The summed E-state index contributed by atoms with van der Waals surface area (Å²) in [7, 11) is 0. The maximum Gasteiger partial charge on any atom is 0.261 e. The first-order valence-corrected chi connectivity index (χ1v) is 10.7. The zero-order valence-corrected chi connectivity index (χ0v) is 17.8. The van der Waals surface area contributed by atoms with Gasteiger partial charge in [-0.15, -0.1) is 0 Å². The van der Waals surface area contributed by atoms with Crippen LogP contribution in [0, 0.1) is 5.82 Å². The normalized spacial score (nSPS) is 16.7. The van der Waals surface area contributed by atoms with E-state index in [0.717, 1.165) is 5.56 Å². The average Bonchev–Trinajstić information content (AvgIpc) is 3.01. The van der Waals surface area contributed by atoms with E-state index in [2.05, 4.69) is 4.90 Å². The van der Waals surface area contributed by atoms with Crippen molar-refractivity contribution in [3.05, 3.63) is 70.0 Å². The summed E-state index contributed by atoms with van der Waals surface area (Å²) in [5.41, 5.74) is 1.72. The zero-order valence-electron chi connectivity index (χ0n) is 17.0. The highest BCUT2D eigenvalue weighted by molar-refractivity contribution is 6.31. The molecule has 162 valence electrons. The molecule has 0 bridgehead atoms. The fraction of sp³-hybridized carbons (Fsp3) is 0.348. The Hall–Kier alpha value is -2.77. The number of halogens is 2. The number of carbonyl (C=O) groups is 3. The molecule has 2 aliphatic heterocycles. The predicted octanol–water partition coefficient (Wildman–Crippen LogP) is 3.20. The molecule has 6 nitrogen and oxygen atoms in total. The second kappa shape index (κ2) is 9.16. The highest BCUT2D eigenvalue weighted by Gasteiger charge is 2.34. The van der Waals surface area contributed by atoms with E-state index in [1.807, 2.05) is 4.90 Å². The molecule has 0 N–H and O–H groups in total. The minimum Gasteiger partial charge on any atom is -0.340 e. The second-order valence-corrected chi connectivity index (χ2v) is 8.21. The Bertz CT molecular complexity index is 986. The van der Waals surface area contributed by atoms with Gasteiger partial charge < -0.3 is 4.90 Å². The Morgan fingerprint density at radius 1 is 0.968 bits per heavy atom. The van der Waals surface area contributed by atoms with Gasteiger partial charge >= 0.3 is 0 Å². The number of fused-ring (bicyclic) bond motifs is 1. The summed E-state index contributed by atoms with van der Waals surface area (Å²) < 4.78 is 13.2. The first-order chi connectivity index (χ1) is 14.9. The van der Waals surface area contributed by atoms with Crippen molar-refractivity contribution in [2.24, 2.45) is 0 Å². The monoisotopic (exact) mass is 443 g/mol. The molecule has 2 heterocycles. The fourth-order valence-corrected chi connectivity index (χ4v) is 4.26. The molecule has 1 fully saturated rings. The molecule has 8 heteroatoms. The molecule has 0 atom stereocenters. The maximum absolute atomic E-state index is 13.2. The van der Waals surface area contributed by atoms with E-state index < -0.39 is 0 Å². The Labute approximate surface area is 185 Å². The van der Waals surface area contributed by atoms with E-state index in [0.29, 0.717) is 55.3 Å². The highest BCUT2D eigenvalue weighted by atomic mass is 35.5. The number of imide groups is 1. The van der Waals surface area contributed by atoms with Crippen LogP contribution in [0.4, 0.5) is 4.39 Å². The van der Waals surface area contributed by atoms with Gasteiger partial charge in [-0.25, -0.2) is 4.39 Å². The van der Waals surface area contributed by atoms with E-state index in [9.17, 15) is 18.8 Å². The van der Waals surface area contributed by atoms with Gasteiger partial charge in [0.2, 0.25) is 5.91 Å². The van der Waals surface area contributed by atoms with E-state index in [1.54, 1.807) is 30.3 Å². The number of hydrogen-bond donors (Lipinski definition) is 0. The van der Waals surface area contributed by atoms with E-state index in [-0.39, 0.29) is 36.5 Å². The molecule has 2 aromatic rings. The van der Waals surface area contributed by atoms with Gasteiger partial charge in [0.1, 0.15) is 5.82 Å². The maximum atomic E-state index is 13.2. The van der Waals surface area contributed by atoms with Crippen molar-refractivity contribution in [2.75, 3.05) is 32.7 Å². The third-order valence-corrected chi connectivity index (χ3v) is 6.14. The molecular weight excluding hydrogens is 421 g/mol. The lowest BCUT2D eigenvalue weighted by Crippen LogP contribution is -2.48. The number of hydrogen-bond acceptors (Lipinski definition) is 4. The van der Waals surface area contributed by atoms with Crippen LogP contribution in [-0.2, 0) is 11.3 Å². The highest BCUT2D eigenvalue weighted by Crippen LogP contribution is 2.23. The molecule has 0 unspecified atom stereocenters. The van der Waals surface area contributed by atoms with Gasteiger partial charge in [0.15, 0.2) is 0 Å². The third kappa shape index (κ3) is 4.62. The first kappa shape index (κ1) is 21.5. The smallest absolute Gasteiger partial charge is 0.261 e. The number of benzene rings is 2. The molecule has 0 aromatic heterocycles. The van der Waals surface area contributed by atoms with Gasteiger partial charge in [-0.05, 0) is 36.2 Å². The number of carbonyl (C=O) groups excluding carboxylic acids is 3. The van der Waals surface area contributed by atoms with Gasteiger partial charge in [0.05, 0.1) is 11.1 Å². The van der Waals surface area contributed by atoms with E-state index in [1.165, 1.54) is 17.0 Å². The summed E-state index contributed by atoms with van der Waals surface area (Å²) in [6.07, 6.45) is 0.729. The topological polar surface area (TPSA) is 60.9 Å². The van der Waals surface area contributed by atoms with Gasteiger partial charge in [-0.3, -0.25) is 24.2 Å². The van der Waals surface area contributed by atoms with Crippen LogP contribution in [0.3, 0.4) is 0 Å². The van der Waals surface area contributed by atoms with Crippen LogP contribution in [0.2, 0.25) is 5.02 Å². The van der Waals surface area contributed by atoms with Crippen LogP contribution in [0.1, 0.15) is 39.1 Å². The Morgan fingerprint density at radius 3 is 2.23 bits per heavy atom. The Balaban J connectivity index is 1.22. The van der Waals surface area contributed by atoms with Crippen molar-refractivity contribution in [3.8, 4) is 0 Å². The summed E-state index contributed by atoms with van der Waals surface area (Å²) in [6.45, 7) is 3.47.